The van der Waals surface area contributed by atoms with Gasteiger partial charge in [-0.2, -0.15) is 0 Å². The summed E-state index contributed by atoms with van der Waals surface area (Å²) in [4.78, 5) is 55.5. The van der Waals surface area contributed by atoms with Crippen LogP contribution in [0.5, 0.6) is 0 Å². The molecule has 218 valence electrons. The molecule has 1 fully saturated rings. The van der Waals surface area contributed by atoms with Gasteiger partial charge in [0.25, 0.3) is 17.7 Å². The van der Waals surface area contributed by atoms with Crippen LogP contribution in [0.2, 0.25) is 0 Å². The third kappa shape index (κ3) is 5.10. The van der Waals surface area contributed by atoms with Gasteiger partial charge in [0, 0.05) is 22.0 Å². The molecule has 0 atom stereocenters. The van der Waals surface area contributed by atoms with Crippen LogP contribution in [0, 0.1) is 13.8 Å². The van der Waals surface area contributed by atoms with E-state index in [-0.39, 0.29) is 11.5 Å². The number of fused-ring (bicyclic) bond motifs is 1. The third-order valence-electron chi connectivity index (χ3n) is 8.10. The highest BCUT2D eigenvalue weighted by atomic mass is 32.1. The highest BCUT2D eigenvalue weighted by molar-refractivity contribution is 7.15. The minimum absolute atomic E-state index is 0.127. The summed E-state index contributed by atoms with van der Waals surface area (Å²) < 4.78 is 2.04. The number of urea groups is 1. The van der Waals surface area contributed by atoms with Gasteiger partial charge in [0.05, 0.1) is 11.3 Å². The first-order chi connectivity index (χ1) is 20.8. The number of nitrogens with zero attached hydrogens (tertiary/aromatic N) is 2. The van der Waals surface area contributed by atoms with E-state index < -0.39 is 17.8 Å². The summed E-state index contributed by atoms with van der Waals surface area (Å²) in [5, 5.41) is 6.23. The van der Waals surface area contributed by atoms with E-state index in [0.29, 0.717) is 23.2 Å². The highest BCUT2D eigenvalue weighted by Gasteiger charge is 2.38. The number of carbonyl (C=O) groups is 4. The molecule has 2 aromatic heterocycles. The number of anilines is 2. The van der Waals surface area contributed by atoms with Crippen LogP contribution in [0.15, 0.2) is 66.2 Å². The SMILES string of the molecule is CCc1ccccc1N1C(=O)NC(=O)/C(=C\c2cc(C)n(-c3sc4c(c3C(=O)Nc3ccccc3)CCCC4)c2C)C1=O. The number of carbonyl (C=O) groups excluding carboxylic acids is 4. The molecule has 43 heavy (non-hydrogen) atoms. The van der Waals surface area contributed by atoms with Crippen LogP contribution >= 0.6 is 11.3 Å². The molecule has 2 aliphatic rings. The fraction of sp³-hybridized carbons (Fsp3) is 0.235. The number of nitrogens with one attached hydrogen (secondary N) is 2. The van der Waals surface area contributed by atoms with Gasteiger partial charge in [0.1, 0.15) is 10.6 Å². The second kappa shape index (κ2) is 11.5. The fourth-order valence-corrected chi connectivity index (χ4v) is 7.46. The minimum Gasteiger partial charge on any atom is -0.322 e. The molecule has 0 bridgehead atoms. The average Bonchev–Trinajstić information content (AvgIpc) is 3.51. The summed E-state index contributed by atoms with van der Waals surface area (Å²) in [6, 6.07) is 17.7. The molecule has 4 aromatic rings. The number of amides is 5. The van der Waals surface area contributed by atoms with Crippen LogP contribution < -0.4 is 15.5 Å². The van der Waals surface area contributed by atoms with Crippen molar-refractivity contribution in [2.45, 2.75) is 52.9 Å². The molecule has 0 saturated carbocycles. The summed E-state index contributed by atoms with van der Waals surface area (Å²) in [6.45, 7) is 5.80. The number of imide groups is 2. The van der Waals surface area contributed by atoms with Crippen molar-refractivity contribution in [2.24, 2.45) is 0 Å². The molecule has 1 aliphatic carbocycles. The van der Waals surface area contributed by atoms with E-state index >= 15 is 0 Å². The van der Waals surface area contributed by atoms with Gasteiger partial charge < -0.3 is 9.88 Å². The Morgan fingerprint density at radius 2 is 1.72 bits per heavy atom. The molecule has 0 spiro atoms. The second-order valence-corrected chi connectivity index (χ2v) is 11.9. The van der Waals surface area contributed by atoms with Crippen molar-refractivity contribution in [3.63, 3.8) is 0 Å². The molecule has 3 heterocycles. The molecule has 1 aliphatic heterocycles. The van der Waals surface area contributed by atoms with E-state index in [1.54, 1.807) is 29.5 Å². The van der Waals surface area contributed by atoms with E-state index in [1.165, 1.54) is 4.88 Å². The maximum atomic E-state index is 13.8. The van der Waals surface area contributed by atoms with E-state index in [2.05, 4.69) is 10.6 Å². The molecule has 1 saturated heterocycles. The Bertz CT molecular complexity index is 1820. The van der Waals surface area contributed by atoms with E-state index in [9.17, 15) is 19.2 Å². The second-order valence-electron chi connectivity index (χ2n) is 10.8. The zero-order valence-corrected chi connectivity index (χ0v) is 25.1. The molecule has 8 nitrogen and oxygen atoms in total. The van der Waals surface area contributed by atoms with Gasteiger partial charge in [-0.1, -0.05) is 43.3 Å². The summed E-state index contributed by atoms with van der Waals surface area (Å²) in [5.74, 6) is -1.56. The molecular formula is C34H32N4O4S. The standard InChI is InChI=1S/C34H32N4O4S/c1-4-22-12-8-10-16-27(22)38-32(41)26(30(39)36-34(38)42)19-23-18-20(2)37(21(23)3)33-29(25-15-9-11-17-28(25)43-33)31(40)35-24-13-6-5-7-14-24/h5-8,10,12-14,16,18-19H,4,9,11,15,17H2,1-3H3,(H,35,40)(H,36,39,42)/b26-19+. The molecule has 0 unspecified atom stereocenters. The summed E-state index contributed by atoms with van der Waals surface area (Å²) >= 11 is 1.63. The predicted molar refractivity (Wildman–Crippen MR) is 169 cm³/mol. The molecule has 2 N–H and O–H groups in total. The number of rotatable bonds is 6. The van der Waals surface area contributed by atoms with Crippen molar-refractivity contribution >= 4 is 52.5 Å². The lowest BCUT2D eigenvalue weighted by Crippen LogP contribution is -2.54. The van der Waals surface area contributed by atoms with Crippen LogP contribution in [-0.2, 0) is 28.9 Å². The van der Waals surface area contributed by atoms with Gasteiger partial charge in [0.2, 0.25) is 0 Å². The van der Waals surface area contributed by atoms with Crippen LogP contribution in [0.25, 0.3) is 11.1 Å². The Morgan fingerprint density at radius 3 is 2.49 bits per heavy atom. The maximum Gasteiger partial charge on any atom is 0.335 e. The van der Waals surface area contributed by atoms with Gasteiger partial charge in [-0.3, -0.25) is 19.7 Å². The molecule has 2 aromatic carbocycles. The summed E-state index contributed by atoms with van der Waals surface area (Å²) in [5.41, 5.74) is 5.96. The average molecular weight is 593 g/mol. The Labute approximate surface area is 254 Å². The first-order valence-corrected chi connectivity index (χ1v) is 15.3. The van der Waals surface area contributed by atoms with Gasteiger partial charge in [-0.05, 0) is 93.0 Å². The molecule has 0 radical (unpaired) electrons. The Kier molecular flexibility index (Phi) is 7.58. The normalized spacial score (nSPS) is 15.9. The largest absolute Gasteiger partial charge is 0.335 e. The highest BCUT2D eigenvalue weighted by Crippen LogP contribution is 2.39. The monoisotopic (exact) mass is 592 g/mol. The van der Waals surface area contributed by atoms with E-state index in [4.69, 9.17) is 0 Å². The van der Waals surface area contributed by atoms with E-state index in [0.717, 1.165) is 63.8 Å². The van der Waals surface area contributed by atoms with Crippen molar-refractivity contribution in [1.82, 2.24) is 9.88 Å². The van der Waals surface area contributed by atoms with Crippen molar-refractivity contribution in [1.29, 1.82) is 0 Å². The number of hydrogen-bond donors (Lipinski definition) is 2. The number of hydrogen-bond acceptors (Lipinski definition) is 5. The number of aromatic nitrogens is 1. The van der Waals surface area contributed by atoms with Gasteiger partial charge in [0.15, 0.2) is 0 Å². The predicted octanol–water partition coefficient (Wildman–Crippen LogP) is 6.52. The van der Waals surface area contributed by atoms with Crippen LogP contribution in [0.4, 0.5) is 16.2 Å². The van der Waals surface area contributed by atoms with Gasteiger partial charge in [-0.15, -0.1) is 11.3 Å². The lowest BCUT2D eigenvalue weighted by molar-refractivity contribution is -0.122. The van der Waals surface area contributed by atoms with Gasteiger partial charge in [-0.25, -0.2) is 9.69 Å². The zero-order valence-electron chi connectivity index (χ0n) is 24.3. The van der Waals surface area contributed by atoms with E-state index in [1.807, 2.05) is 73.9 Å². The number of benzene rings is 2. The first-order valence-electron chi connectivity index (χ1n) is 14.5. The maximum absolute atomic E-state index is 13.8. The molecule has 5 amide bonds. The smallest absolute Gasteiger partial charge is 0.322 e. The number of para-hydroxylation sites is 2. The Balaban J connectivity index is 1.42. The zero-order chi connectivity index (χ0) is 30.2. The van der Waals surface area contributed by atoms with Gasteiger partial charge >= 0.3 is 6.03 Å². The number of barbiturate groups is 1. The number of aryl methyl sites for hydroxylation is 3. The lowest BCUT2D eigenvalue weighted by Gasteiger charge is -2.27. The van der Waals surface area contributed by atoms with Crippen LogP contribution in [0.3, 0.4) is 0 Å². The quantitative estimate of drug-likeness (QED) is 0.197. The third-order valence-corrected chi connectivity index (χ3v) is 9.38. The summed E-state index contributed by atoms with van der Waals surface area (Å²) in [6.07, 6.45) is 6.05. The van der Waals surface area contributed by atoms with Crippen molar-refractivity contribution in [3.8, 4) is 5.00 Å². The van der Waals surface area contributed by atoms with Crippen molar-refractivity contribution in [3.05, 3.63) is 105 Å². The van der Waals surface area contributed by atoms with Crippen LogP contribution in [-0.4, -0.2) is 28.3 Å². The van der Waals surface area contributed by atoms with Crippen LogP contribution in [0.1, 0.15) is 63.1 Å². The topological polar surface area (TPSA) is 101 Å². The van der Waals surface area contributed by atoms with Crippen molar-refractivity contribution in [2.75, 3.05) is 10.2 Å². The Morgan fingerprint density at radius 1 is 1.00 bits per heavy atom. The Hall–Kier alpha value is -4.76. The molecular weight excluding hydrogens is 560 g/mol. The van der Waals surface area contributed by atoms with Crippen molar-refractivity contribution < 1.29 is 19.2 Å². The fourth-order valence-electron chi connectivity index (χ4n) is 5.96. The number of thiophene rings is 1. The molecule has 6 rings (SSSR count). The lowest BCUT2D eigenvalue weighted by atomic mass is 9.95. The molecule has 9 heteroatoms. The first kappa shape index (κ1) is 28.4. The summed E-state index contributed by atoms with van der Waals surface area (Å²) in [7, 11) is 0. The minimum atomic E-state index is -0.767.